The normalized spacial score (nSPS) is 15.5. The number of aromatic nitrogens is 1. The van der Waals surface area contributed by atoms with Crippen LogP contribution in [0.4, 0.5) is 4.79 Å². The number of carboxylic acid groups (broad SMARTS) is 1. The molecule has 0 saturated carbocycles. The Balaban J connectivity index is 1.74. The maximum Gasteiger partial charge on any atom is 0.352 e. The molecule has 0 spiro atoms. The molecular weight excluding hydrogens is 320 g/mol. The van der Waals surface area contributed by atoms with Crippen molar-refractivity contribution in [2.75, 3.05) is 32.7 Å². The van der Waals surface area contributed by atoms with Crippen molar-refractivity contribution in [2.24, 2.45) is 7.05 Å². The summed E-state index contributed by atoms with van der Waals surface area (Å²) in [5.74, 6) is -0.916. The number of piperazine rings is 1. The molecule has 25 heavy (non-hydrogen) atoms. The number of fused-ring (bicyclic) bond motifs is 1. The Hall–Kier alpha value is -2.54. The first kappa shape index (κ1) is 17.3. The van der Waals surface area contributed by atoms with E-state index in [-0.39, 0.29) is 6.03 Å². The summed E-state index contributed by atoms with van der Waals surface area (Å²) in [6, 6.07) is 7.67. The van der Waals surface area contributed by atoms with Crippen LogP contribution >= 0.6 is 0 Å². The number of nitrogens with zero attached hydrogens (tertiary/aromatic N) is 3. The van der Waals surface area contributed by atoms with Crippen molar-refractivity contribution in [3.63, 3.8) is 0 Å². The topological polar surface area (TPSA) is 77.8 Å². The molecule has 0 radical (unpaired) electrons. The lowest BCUT2D eigenvalue weighted by molar-refractivity contribution is 0.0687. The molecule has 1 aliphatic rings. The van der Waals surface area contributed by atoms with Gasteiger partial charge in [0.15, 0.2) is 0 Å². The second kappa shape index (κ2) is 7.14. The van der Waals surface area contributed by atoms with Crippen molar-refractivity contribution >= 4 is 22.9 Å². The number of benzene rings is 1. The van der Waals surface area contributed by atoms with E-state index in [1.807, 2.05) is 30.0 Å². The highest BCUT2D eigenvalue weighted by Gasteiger charge is 2.22. The van der Waals surface area contributed by atoms with Crippen molar-refractivity contribution < 1.29 is 14.7 Å². The summed E-state index contributed by atoms with van der Waals surface area (Å²) >= 11 is 0. The first-order valence-electron chi connectivity index (χ1n) is 8.57. The zero-order valence-electron chi connectivity index (χ0n) is 14.7. The molecule has 2 amide bonds. The molecular formula is C18H24N4O3. The van der Waals surface area contributed by atoms with Crippen LogP contribution in [0.1, 0.15) is 23.0 Å². The minimum Gasteiger partial charge on any atom is -0.477 e. The molecule has 0 bridgehead atoms. The number of rotatable bonds is 4. The number of carboxylic acids is 1. The molecule has 0 unspecified atom stereocenters. The van der Waals surface area contributed by atoms with Crippen LogP contribution in [0.3, 0.4) is 0 Å². The number of aromatic carboxylic acids is 1. The first-order chi connectivity index (χ1) is 12.0. The van der Waals surface area contributed by atoms with Crippen molar-refractivity contribution in [1.82, 2.24) is 19.7 Å². The maximum absolute atomic E-state index is 11.9. The fourth-order valence-corrected chi connectivity index (χ4v) is 3.45. The van der Waals surface area contributed by atoms with E-state index in [4.69, 9.17) is 0 Å². The van der Waals surface area contributed by atoms with Crippen LogP contribution in [0.5, 0.6) is 0 Å². The molecule has 3 rings (SSSR count). The van der Waals surface area contributed by atoms with Crippen LogP contribution in [0.15, 0.2) is 24.3 Å². The van der Waals surface area contributed by atoms with Gasteiger partial charge in [0, 0.05) is 51.7 Å². The molecule has 2 aromatic rings. The molecule has 1 fully saturated rings. The van der Waals surface area contributed by atoms with Gasteiger partial charge in [0.1, 0.15) is 5.69 Å². The van der Waals surface area contributed by atoms with Crippen LogP contribution in [0, 0.1) is 0 Å². The average Bonchev–Trinajstić information content (AvgIpc) is 2.94. The Morgan fingerprint density at radius 1 is 1.20 bits per heavy atom. The van der Waals surface area contributed by atoms with Gasteiger partial charge in [-0.25, -0.2) is 9.59 Å². The molecule has 2 N–H and O–H groups in total. The van der Waals surface area contributed by atoms with E-state index in [0.29, 0.717) is 25.3 Å². The van der Waals surface area contributed by atoms with E-state index in [2.05, 4.69) is 10.2 Å². The summed E-state index contributed by atoms with van der Waals surface area (Å²) in [7, 11) is 1.79. The van der Waals surface area contributed by atoms with E-state index >= 15 is 0 Å². The maximum atomic E-state index is 11.9. The molecule has 7 nitrogen and oxygen atoms in total. The number of nitrogens with one attached hydrogen (secondary N) is 1. The smallest absolute Gasteiger partial charge is 0.352 e. The molecule has 1 aliphatic heterocycles. The summed E-state index contributed by atoms with van der Waals surface area (Å²) in [5.41, 5.74) is 2.37. The molecule has 1 saturated heterocycles. The van der Waals surface area contributed by atoms with E-state index in [9.17, 15) is 14.7 Å². The van der Waals surface area contributed by atoms with Crippen LogP contribution < -0.4 is 5.32 Å². The predicted molar refractivity (Wildman–Crippen MR) is 95.8 cm³/mol. The standard InChI is InChI=1S/C18H24N4O3/c1-3-19-18(25)22-9-7-21(8-10-22)12-14-6-4-5-13-11-15(17(23)24)20(2)16(13)14/h4-6,11H,3,7-10,12H2,1-2H3,(H,19,25)(H,23,24). The third-order valence-corrected chi connectivity index (χ3v) is 4.74. The van der Waals surface area contributed by atoms with Gasteiger partial charge in [-0.05, 0) is 18.6 Å². The minimum atomic E-state index is -0.916. The Kier molecular flexibility index (Phi) is 4.94. The van der Waals surface area contributed by atoms with E-state index in [0.717, 1.165) is 36.1 Å². The summed E-state index contributed by atoms with van der Waals surface area (Å²) in [5, 5.41) is 13.1. The van der Waals surface area contributed by atoms with Gasteiger partial charge in [-0.1, -0.05) is 18.2 Å². The zero-order chi connectivity index (χ0) is 18.0. The lowest BCUT2D eigenvalue weighted by Crippen LogP contribution is -2.51. The van der Waals surface area contributed by atoms with E-state index < -0.39 is 5.97 Å². The predicted octanol–water partition coefficient (Wildman–Crippen LogP) is 1.72. The Morgan fingerprint density at radius 3 is 2.56 bits per heavy atom. The molecule has 1 aromatic carbocycles. The summed E-state index contributed by atoms with van der Waals surface area (Å²) in [6.07, 6.45) is 0. The van der Waals surface area contributed by atoms with Gasteiger partial charge in [0.05, 0.1) is 5.52 Å². The van der Waals surface area contributed by atoms with Gasteiger partial charge in [0.2, 0.25) is 0 Å². The fraction of sp³-hybridized carbons (Fsp3) is 0.444. The number of urea groups is 1. The minimum absolute atomic E-state index is 0.00205. The molecule has 0 atom stereocenters. The van der Waals surface area contributed by atoms with Crippen LogP contribution in [-0.2, 0) is 13.6 Å². The second-order valence-corrected chi connectivity index (χ2v) is 6.35. The number of para-hydroxylation sites is 1. The zero-order valence-corrected chi connectivity index (χ0v) is 14.7. The van der Waals surface area contributed by atoms with E-state index in [1.54, 1.807) is 17.7 Å². The Bertz CT molecular complexity index is 791. The van der Waals surface area contributed by atoms with Crippen molar-refractivity contribution in [3.05, 3.63) is 35.5 Å². The van der Waals surface area contributed by atoms with Crippen LogP contribution in [-0.4, -0.2) is 64.2 Å². The number of carbonyl (C=O) groups is 2. The quantitative estimate of drug-likeness (QED) is 0.885. The monoisotopic (exact) mass is 344 g/mol. The second-order valence-electron chi connectivity index (χ2n) is 6.35. The highest BCUT2D eigenvalue weighted by Crippen LogP contribution is 2.24. The highest BCUT2D eigenvalue weighted by atomic mass is 16.4. The van der Waals surface area contributed by atoms with Gasteiger partial charge in [-0.2, -0.15) is 0 Å². The van der Waals surface area contributed by atoms with Crippen molar-refractivity contribution in [2.45, 2.75) is 13.5 Å². The number of amides is 2. The Labute approximate surface area is 146 Å². The number of hydrogen-bond donors (Lipinski definition) is 2. The van der Waals surface area contributed by atoms with Gasteiger partial charge >= 0.3 is 12.0 Å². The summed E-state index contributed by atoms with van der Waals surface area (Å²) in [4.78, 5) is 27.4. The van der Waals surface area contributed by atoms with Gasteiger partial charge in [-0.15, -0.1) is 0 Å². The SMILES string of the molecule is CCNC(=O)N1CCN(Cc2cccc3cc(C(=O)O)n(C)c23)CC1. The molecule has 0 aliphatic carbocycles. The van der Waals surface area contributed by atoms with Crippen LogP contribution in [0.2, 0.25) is 0 Å². The molecule has 7 heteroatoms. The molecule has 1 aromatic heterocycles. The van der Waals surface area contributed by atoms with Crippen LogP contribution in [0.25, 0.3) is 10.9 Å². The lowest BCUT2D eigenvalue weighted by atomic mass is 10.1. The van der Waals surface area contributed by atoms with E-state index in [1.165, 1.54) is 0 Å². The molecule has 134 valence electrons. The van der Waals surface area contributed by atoms with Crippen molar-refractivity contribution in [3.8, 4) is 0 Å². The summed E-state index contributed by atoms with van der Waals surface area (Å²) < 4.78 is 1.75. The van der Waals surface area contributed by atoms with Gasteiger partial charge in [0.25, 0.3) is 0 Å². The van der Waals surface area contributed by atoms with Crippen molar-refractivity contribution in [1.29, 1.82) is 0 Å². The average molecular weight is 344 g/mol. The highest BCUT2D eigenvalue weighted by molar-refractivity contribution is 5.95. The van der Waals surface area contributed by atoms with Gasteiger partial charge < -0.3 is 19.9 Å². The number of carbonyl (C=O) groups excluding carboxylic acids is 1. The number of aryl methyl sites for hydroxylation is 1. The lowest BCUT2D eigenvalue weighted by Gasteiger charge is -2.34. The molecule has 2 heterocycles. The number of hydrogen-bond acceptors (Lipinski definition) is 3. The Morgan fingerprint density at radius 2 is 1.92 bits per heavy atom. The summed E-state index contributed by atoms with van der Waals surface area (Å²) in [6.45, 7) is 6.33. The third-order valence-electron chi connectivity index (χ3n) is 4.74. The first-order valence-corrected chi connectivity index (χ1v) is 8.57. The fourth-order valence-electron chi connectivity index (χ4n) is 3.45. The largest absolute Gasteiger partial charge is 0.477 e. The van der Waals surface area contributed by atoms with Gasteiger partial charge in [-0.3, -0.25) is 4.90 Å². The third kappa shape index (κ3) is 3.46.